The number of aldehydes is 1. The van der Waals surface area contributed by atoms with Crippen LogP contribution in [0.25, 0.3) is 0 Å². The molecule has 5 nitrogen and oxygen atoms in total. The first kappa shape index (κ1) is 13.6. The molecule has 0 spiro atoms. The predicted molar refractivity (Wildman–Crippen MR) is 58.5 cm³/mol. The summed E-state index contributed by atoms with van der Waals surface area (Å²) in [5, 5.41) is 10.2. The smallest absolute Gasteiger partial charge is 0.279 e. The van der Waals surface area contributed by atoms with Crippen LogP contribution in [-0.2, 0) is 11.2 Å². The number of hydrogen-bond acceptors (Lipinski definition) is 4. The normalized spacial score (nSPS) is 9.07. The van der Waals surface area contributed by atoms with Gasteiger partial charge in [-0.2, -0.15) is 0 Å². The highest BCUT2D eigenvalue weighted by atomic mass is 32.2. The topological polar surface area (TPSA) is 83.3 Å². The molecule has 6 heteroatoms. The molecular formula is C9H11NO4S. The van der Waals surface area contributed by atoms with Crippen LogP contribution in [0.2, 0.25) is 0 Å². The van der Waals surface area contributed by atoms with Crippen molar-refractivity contribution in [2.75, 3.05) is 12.5 Å². The lowest BCUT2D eigenvalue weighted by Gasteiger charge is -1.91. The SMILES string of the molecule is C[S+](C)[O-].O=Cc1ccccc1[N+](=O)[O-]. The van der Waals surface area contributed by atoms with E-state index in [0.29, 0.717) is 6.29 Å². The van der Waals surface area contributed by atoms with Gasteiger partial charge in [-0.3, -0.25) is 14.9 Å². The minimum Gasteiger partial charge on any atom is -0.617 e. The van der Waals surface area contributed by atoms with Gasteiger partial charge in [-0.1, -0.05) is 23.3 Å². The molecule has 1 rings (SSSR count). The summed E-state index contributed by atoms with van der Waals surface area (Å²) >= 11 is -0.611. The molecule has 0 N–H and O–H groups in total. The maximum Gasteiger partial charge on any atom is 0.279 e. The van der Waals surface area contributed by atoms with Crippen LogP contribution < -0.4 is 0 Å². The fourth-order valence-corrected chi connectivity index (χ4v) is 0.753. The van der Waals surface area contributed by atoms with Gasteiger partial charge >= 0.3 is 0 Å². The Hall–Kier alpha value is -1.40. The highest BCUT2D eigenvalue weighted by Gasteiger charge is 2.09. The van der Waals surface area contributed by atoms with Crippen molar-refractivity contribution in [2.45, 2.75) is 0 Å². The van der Waals surface area contributed by atoms with Gasteiger partial charge in [-0.05, 0) is 6.07 Å². The van der Waals surface area contributed by atoms with Gasteiger partial charge in [0.15, 0.2) is 6.29 Å². The van der Waals surface area contributed by atoms with Gasteiger partial charge < -0.3 is 4.55 Å². The second-order valence-corrected chi connectivity index (χ2v) is 4.16. The van der Waals surface area contributed by atoms with Crippen molar-refractivity contribution < 1.29 is 14.3 Å². The van der Waals surface area contributed by atoms with Crippen molar-refractivity contribution in [3.63, 3.8) is 0 Å². The van der Waals surface area contributed by atoms with Gasteiger partial charge in [0.05, 0.1) is 23.0 Å². The quantitative estimate of drug-likeness (QED) is 0.332. The molecule has 0 amide bonds. The van der Waals surface area contributed by atoms with E-state index in [4.69, 9.17) is 0 Å². The third kappa shape index (κ3) is 5.82. The molecule has 15 heavy (non-hydrogen) atoms. The van der Waals surface area contributed by atoms with Crippen molar-refractivity contribution in [3.05, 3.63) is 39.9 Å². The van der Waals surface area contributed by atoms with Crippen LogP contribution in [0, 0.1) is 10.1 Å². The molecule has 0 aromatic heterocycles. The molecule has 0 unspecified atom stereocenters. The molecule has 0 fully saturated rings. The van der Waals surface area contributed by atoms with Gasteiger partial charge in [-0.25, -0.2) is 0 Å². The molecule has 0 bridgehead atoms. The Morgan fingerprint density at radius 2 is 1.80 bits per heavy atom. The van der Waals surface area contributed by atoms with E-state index in [1.807, 2.05) is 0 Å². The van der Waals surface area contributed by atoms with E-state index < -0.39 is 16.1 Å². The fraction of sp³-hybridized carbons (Fsp3) is 0.222. The molecule has 1 aromatic carbocycles. The predicted octanol–water partition coefficient (Wildman–Crippen LogP) is 1.40. The van der Waals surface area contributed by atoms with E-state index in [1.165, 1.54) is 18.2 Å². The van der Waals surface area contributed by atoms with Crippen molar-refractivity contribution >= 4 is 23.1 Å². The first-order valence-corrected chi connectivity index (χ1v) is 5.89. The van der Waals surface area contributed by atoms with Crippen molar-refractivity contribution in [2.24, 2.45) is 0 Å². The number of benzene rings is 1. The van der Waals surface area contributed by atoms with Crippen LogP contribution in [0.3, 0.4) is 0 Å². The van der Waals surface area contributed by atoms with Crippen LogP contribution in [0.4, 0.5) is 5.69 Å². The van der Waals surface area contributed by atoms with Crippen LogP contribution in [0.1, 0.15) is 10.4 Å². The molecule has 0 heterocycles. The summed E-state index contributed by atoms with van der Waals surface area (Å²) < 4.78 is 9.56. The molecule has 0 saturated carbocycles. The van der Waals surface area contributed by atoms with Gasteiger partial charge in [0.2, 0.25) is 0 Å². The summed E-state index contributed by atoms with van der Waals surface area (Å²) in [5.74, 6) is 0. The summed E-state index contributed by atoms with van der Waals surface area (Å²) in [6, 6.07) is 5.80. The minimum absolute atomic E-state index is 0.109. The van der Waals surface area contributed by atoms with E-state index >= 15 is 0 Å². The minimum atomic E-state index is -0.611. The van der Waals surface area contributed by atoms with Gasteiger partial charge in [-0.15, -0.1) is 0 Å². The number of rotatable bonds is 2. The van der Waals surface area contributed by atoms with Gasteiger partial charge in [0, 0.05) is 6.07 Å². The van der Waals surface area contributed by atoms with E-state index in [9.17, 15) is 19.5 Å². The molecule has 0 radical (unpaired) electrons. The van der Waals surface area contributed by atoms with E-state index in [-0.39, 0.29) is 11.3 Å². The zero-order chi connectivity index (χ0) is 11.8. The number of nitro groups is 1. The third-order valence-corrected chi connectivity index (χ3v) is 1.26. The molecule has 0 aliphatic heterocycles. The van der Waals surface area contributed by atoms with Crippen molar-refractivity contribution in [1.82, 2.24) is 0 Å². The summed E-state index contributed by atoms with van der Waals surface area (Å²) in [7, 11) is 0. The standard InChI is InChI=1S/C7H5NO3.C2H6OS/c9-5-6-3-1-2-4-7(6)8(10)11;1-4(2)3/h1-5H;1-2H3. The average molecular weight is 229 g/mol. The molecular weight excluding hydrogens is 218 g/mol. The second kappa shape index (κ2) is 6.97. The maximum atomic E-state index is 10.2. The number of carbonyl (C=O) groups is 1. The third-order valence-electron chi connectivity index (χ3n) is 1.26. The number of carbonyl (C=O) groups excluding carboxylic acids is 1. The molecule has 0 atom stereocenters. The first-order chi connectivity index (χ1) is 6.99. The number of hydrogen-bond donors (Lipinski definition) is 0. The zero-order valence-electron chi connectivity index (χ0n) is 8.38. The van der Waals surface area contributed by atoms with E-state index in [2.05, 4.69) is 0 Å². The highest BCUT2D eigenvalue weighted by Crippen LogP contribution is 2.14. The Morgan fingerprint density at radius 1 is 1.33 bits per heavy atom. The van der Waals surface area contributed by atoms with Gasteiger partial charge in [0.25, 0.3) is 5.69 Å². The zero-order valence-corrected chi connectivity index (χ0v) is 9.19. The van der Waals surface area contributed by atoms with Crippen LogP contribution in [-0.4, -0.2) is 28.3 Å². The first-order valence-electron chi connectivity index (χ1n) is 3.92. The lowest BCUT2D eigenvalue weighted by Crippen LogP contribution is -1.92. The van der Waals surface area contributed by atoms with Crippen molar-refractivity contribution in [3.8, 4) is 0 Å². The molecule has 0 aliphatic rings. The molecule has 82 valence electrons. The largest absolute Gasteiger partial charge is 0.617 e. The summed E-state index contributed by atoms with van der Waals surface area (Å²) in [5.41, 5.74) is -0.0417. The molecule has 0 saturated heterocycles. The Bertz CT molecular complexity index is 338. The Balaban J connectivity index is 0.000000423. The lowest BCUT2D eigenvalue weighted by molar-refractivity contribution is -0.385. The van der Waals surface area contributed by atoms with E-state index in [0.717, 1.165) is 0 Å². The Morgan fingerprint density at radius 3 is 2.13 bits per heavy atom. The van der Waals surface area contributed by atoms with Crippen LogP contribution >= 0.6 is 0 Å². The Labute approximate surface area is 90.4 Å². The van der Waals surface area contributed by atoms with Crippen molar-refractivity contribution in [1.29, 1.82) is 0 Å². The van der Waals surface area contributed by atoms with E-state index in [1.54, 1.807) is 18.6 Å². The second-order valence-electron chi connectivity index (χ2n) is 2.68. The summed E-state index contributed by atoms with van der Waals surface area (Å²) in [6.07, 6.45) is 3.75. The van der Waals surface area contributed by atoms with Crippen LogP contribution in [0.15, 0.2) is 24.3 Å². The molecule has 1 aromatic rings. The number of nitrogens with zero attached hydrogens (tertiary/aromatic N) is 1. The van der Waals surface area contributed by atoms with Gasteiger partial charge in [0.1, 0.15) is 0 Å². The average Bonchev–Trinajstić information content (AvgIpc) is 2.16. The van der Waals surface area contributed by atoms with Crippen LogP contribution in [0.5, 0.6) is 0 Å². The monoisotopic (exact) mass is 229 g/mol. The number of nitro benzene ring substituents is 1. The maximum absolute atomic E-state index is 10.2. The summed E-state index contributed by atoms with van der Waals surface area (Å²) in [4.78, 5) is 19.9. The lowest BCUT2D eigenvalue weighted by atomic mass is 10.2. The molecule has 0 aliphatic carbocycles. The number of para-hydroxylation sites is 1. The Kier molecular flexibility index (Phi) is 6.32. The highest BCUT2D eigenvalue weighted by molar-refractivity contribution is 7.89. The summed E-state index contributed by atoms with van der Waals surface area (Å²) in [6.45, 7) is 0. The fourth-order valence-electron chi connectivity index (χ4n) is 0.753.